The topological polar surface area (TPSA) is 39.9 Å². The van der Waals surface area contributed by atoms with Gasteiger partial charge in [0.1, 0.15) is 5.69 Å². The van der Waals surface area contributed by atoms with Gasteiger partial charge in [0, 0.05) is 12.4 Å². The number of ether oxygens (including phenoxy) is 1. The summed E-state index contributed by atoms with van der Waals surface area (Å²) in [5, 5.41) is 8.47. The molecule has 0 aromatic carbocycles. The normalized spacial score (nSPS) is 32.8. The molecule has 3 unspecified atom stereocenters. The van der Waals surface area contributed by atoms with Gasteiger partial charge in [0.2, 0.25) is 0 Å². The first-order valence-electron chi connectivity index (χ1n) is 7.00. The van der Waals surface area contributed by atoms with E-state index in [0.29, 0.717) is 6.04 Å². The molecular formula is C13H20ClN3OS. The lowest BCUT2D eigenvalue weighted by Crippen LogP contribution is -2.40. The summed E-state index contributed by atoms with van der Waals surface area (Å²) in [7, 11) is 0. The first-order chi connectivity index (χ1) is 9.22. The standard InChI is InChI=1S/C13H20ClN3OS/c1-2-11(14)12-8-17(16-15-12)10-3-5-18-13(7-10)4-6-19-9-13/h8,10-11H,2-7,9H2,1H3. The van der Waals surface area contributed by atoms with Crippen molar-refractivity contribution in [2.75, 3.05) is 18.1 Å². The predicted octanol–water partition coefficient (Wildman–Crippen LogP) is 3.20. The highest BCUT2D eigenvalue weighted by atomic mass is 35.5. The van der Waals surface area contributed by atoms with Gasteiger partial charge in [-0.3, -0.25) is 0 Å². The molecule has 0 N–H and O–H groups in total. The van der Waals surface area contributed by atoms with E-state index in [0.717, 1.165) is 37.3 Å². The van der Waals surface area contributed by atoms with Crippen molar-refractivity contribution < 1.29 is 4.74 Å². The van der Waals surface area contributed by atoms with Gasteiger partial charge in [0.25, 0.3) is 0 Å². The van der Waals surface area contributed by atoms with Crippen LogP contribution in [0.1, 0.15) is 49.7 Å². The van der Waals surface area contributed by atoms with E-state index in [1.54, 1.807) is 0 Å². The highest BCUT2D eigenvalue weighted by Crippen LogP contribution is 2.41. The Balaban J connectivity index is 1.73. The zero-order valence-corrected chi connectivity index (χ0v) is 12.8. The van der Waals surface area contributed by atoms with E-state index in [1.165, 1.54) is 12.2 Å². The molecule has 4 nitrogen and oxygen atoms in total. The van der Waals surface area contributed by atoms with Crippen molar-refractivity contribution in [1.82, 2.24) is 15.0 Å². The number of alkyl halides is 1. The maximum atomic E-state index is 6.22. The summed E-state index contributed by atoms with van der Waals surface area (Å²) in [6.45, 7) is 2.90. The second-order valence-corrected chi connectivity index (χ2v) is 7.11. The van der Waals surface area contributed by atoms with Gasteiger partial charge in [-0.1, -0.05) is 12.1 Å². The highest BCUT2D eigenvalue weighted by molar-refractivity contribution is 7.99. The summed E-state index contributed by atoms with van der Waals surface area (Å²) in [5.41, 5.74) is 0.982. The van der Waals surface area contributed by atoms with Gasteiger partial charge in [-0.25, -0.2) is 4.68 Å². The summed E-state index contributed by atoms with van der Waals surface area (Å²) in [5.74, 6) is 2.34. The van der Waals surface area contributed by atoms with Crippen molar-refractivity contribution in [2.24, 2.45) is 0 Å². The molecule has 106 valence electrons. The molecule has 6 heteroatoms. The van der Waals surface area contributed by atoms with Crippen LogP contribution >= 0.6 is 23.4 Å². The molecule has 2 fully saturated rings. The summed E-state index contributed by atoms with van der Waals surface area (Å²) < 4.78 is 8.05. The summed E-state index contributed by atoms with van der Waals surface area (Å²) in [4.78, 5) is 0. The van der Waals surface area contributed by atoms with E-state index < -0.39 is 0 Å². The van der Waals surface area contributed by atoms with Gasteiger partial charge in [0.15, 0.2) is 0 Å². The van der Waals surface area contributed by atoms with E-state index in [2.05, 4.69) is 17.2 Å². The quantitative estimate of drug-likeness (QED) is 0.804. The Morgan fingerprint density at radius 2 is 2.58 bits per heavy atom. The minimum Gasteiger partial charge on any atom is -0.374 e. The summed E-state index contributed by atoms with van der Waals surface area (Å²) in [6, 6.07) is 0.412. The van der Waals surface area contributed by atoms with Crippen LogP contribution in [-0.4, -0.2) is 38.7 Å². The van der Waals surface area contributed by atoms with Crippen LogP contribution in [0.25, 0.3) is 0 Å². The number of rotatable bonds is 3. The first-order valence-corrected chi connectivity index (χ1v) is 8.59. The van der Waals surface area contributed by atoms with Crippen molar-refractivity contribution >= 4 is 23.4 Å². The van der Waals surface area contributed by atoms with Crippen molar-refractivity contribution in [3.63, 3.8) is 0 Å². The number of thioether (sulfide) groups is 1. The van der Waals surface area contributed by atoms with Gasteiger partial charge in [-0.2, -0.15) is 11.8 Å². The second-order valence-electron chi connectivity index (χ2n) is 5.48. The Kier molecular flexibility index (Phi) is 4.06. The van der Waals surface area contributed by atoms with Gasteiger partial charge >= 0.3 is 0 Å². The van der Waals surface area contributed by atoms with E-state index in [9.17, 15) is 0 Å². The Morgan fingerprint density at radius 1 is 1.68 bits per heavy atom. The van der Waals surface area contributed by atoms with E-state index in [4.69, 9.17) is 16.3 Å². The van der Waals surface area contributed by atoms with Crippen LogP contribution in [0.15, 0.2) is 6.20 Å². The fourth-order valence-electron chi connectivity index (χ4n) is 2.91. The molecular weight excluding hydrogens is 282 g/mol. The molecule has 1 aromatic heterocycles. The Hall–Kier alpha value is -0.260. The van der Waals surface area contributed by atoms with Crippen LogP contribution in [0.2, 0.25) is 0 Å². The van der Waals surface area contributed by atoms with Gasteiger partial charge in [0.05, 0.1) is 23.2 Å². The molecule has 0 amide bonds. The average Bonchev–Trinajstić information content (AvgIpc) is 3.08. The number of hydrogen-bond donors (Lipinski definition) is 0. The monoisotopic (exact) mass is 301 g/mol. The Labute approximate surface area is 123 Å². The molecule has 2 aliphatic rings. The molecule has 0 aliphatic carbocycles. The lowest BCUT2D eigenvalue weighted by molar-refractivity contribution is -0.0780. The zero-order chi connectivity index (χ0) is 13.3. The van der Waals surface area contributed by atoms with E-state index in [1.807, 2.05) is 22.6 Å². The van der Waals surface area contributed by atoms with Crippen LogP contribution in [-0.2, 0) is 4.74 Å². The van der Waals surface area contributed by atoms with Crippen LogP contribution in [0, 0.1) is 0 Å². The first kappa shape index (κ1) is 13.7. The maximum absolute atomic E-state index is 6.22. The third-order valence-electron chi connectivity index (χ3n) is 4.12. The van der Waals surface area contributed by atoms with Crippen molar-refractivity contribution in [3.05, 3.63) is 11.9 Å². The van der Waals surface area contributed by atoms with Crippen LogP contribution in [0.3, 0.4) is 0 Å². The van der Waals surface area contributed by atoms with Gasteiger partial charge < -0.3 is 4.74 Å². The number of halogens is 1. The SMILES string of the molecule is CCC(Cl)c1cn(C2CCOC3(CCSC3)C2)nn1. The number of aromatic nitrogens is 3. The Morgan fingerprint density at radius 3 is 3.32 bits per heavy atom. The molecule has 2 aliphatic heterocycles. The van der Waals surface area contributed by atoms with Crippen molar-refractivity contribution in [2.45, 2.75) is 49.6 Å². The predicted molar refractivity (Wildman–Crippen MR) is 77.8 cm³/mol. The molecule has 3 atom stereocenters. The smallest absolute Gasteiger partial charge is 0.101 e. The molecule has 3 rings (SSSR count). The van der Waals surface area contributed by atoms with E-state index >= 15 is 0 Å². The fraction of sp³-hybridized carbons (Fsp3) is 0.846. The molecule has 19 heavy (non-hydrogen) atoms. The number of nitrogens with zero attached hydrogens (tertiary/aromatic N) is 3. The Bertz CT molecular complexity index is 433. The molecule has 0 saturated carbocycles. The third-order valence-corrected chi connectivity index (χ3v) is 5.87. The van der Waals surface area contributed by atoms with Crippen LogP contribution in [0.4, 0.5) is 0 Å². The minimum atomic E-state index is -0.0235. The van der Waals surface area contributed by atoms with Crippen molar-refractivity contribution in [3.8, 4) is 0 Å². The van der Waals surface area contributed by atoms with Gasteiger partial charge in [-0.15, -0.1) is 16.7 Å². The van der Waals surface area contributed by atoms with E-state index in [-0.39, 0.29) is 11.0 Å². The molecule has 0 radical (unpaired) electrons. The maximum Gasteiger partial charge on any atom is 0.101 e. The lowest BCUT2D eigenvalue weighted by atomic mass is 9.90. The molecule has 2 saturated heterocycles. The zero-order valence-electron chi connectivity index (χ0n) is 11.2. The van der Waals surface area contributed by atoms with Crippen molar-refractivity contribution in [1.29, 1.82) is 0 Å². The van der Waals surface area contributed by atoms with Crippen LogP contribution < -0.4 is 0 Å². The summed E-state index contributed by atoms with van der Waals surface area (Å²) >= 11 is 8.22. The molecule has 1 spiro atoms. The molecule has 3 heterocycles. The summed E-state index contributed by atoms with van der Waals surface area (Å²) in [6.07, 6.45) is 6.15. The largest absolute Gasteiger partial charge is 0.374 e. The fourth-order valence-corrected chi connectivity index (χ4v) is 4.39. The average molecular weight is 302 g/mol. The number of hydrogen-bond acceptors (Lipinski definition) is 4. The van der Waals surface area contributed by atoms with Crippen LogP contribution in [0.5, 0.6) is 0 Å². The second kappa shape index (κ2) is 5.62. The molecule has 0 bridgehead atoms. The highest BCUT2D eigenvalue weighted by Gasteiger charge is 2.41. The third kappa shape index (κ3) is 2.78. The molecule has 1 aromatic rings. The lowest BCUT2D eigenvalue weighted by Gasteiger charge is -2.37. The van der Waals surface area contributed by atoms with Gasteiger partial charge in [-0.05, 0) is 31.4 Å². The minimum absolute atomic E-state index is 0.0235.